The van der Waals surface area contributed by atoms with Crippen LogP contribution in [-0.4, -0.2) is 55.2 Å². The zero-order valence-corrected chi connectivity index (χ0v) is 17.3. The third-order valence-corrected chi connectivity index (χ3v) is 6.74. The Balaban J connectivity index is 1.84. The molecule has 0 saturated carbocycles. The number of benzene rings is 2. The predicted octanol–water partition coefficient (Wildman–Crippen LogP) is 3.94. The molecule has 0 atom stereocenters. The van der Waals surface area contributed by atoms with Crippen LogP contribution in [-0.2, 0) is 10.1 Å². The van der Waals surface area contributed by atoms with E-state index in [0.717, 1.165) is 51.6 Å². The summed E-state index contributed by atoms with van der Waals surface area (Å²) in [7, 11) is -3.92. The van der Waals surface area contributed by atoms with Crippen LogP contribution in [0, 0.1) is 0 Å². The number of Topliss-reactive ketones (excluding diaryl/α,β-unsaturated/α-hetero) is 1. The van der Waals surface area contributed by atoms with Gasteiger partial charge in [0.25, 0.3) is 10.1 Å². The monoisotopic (exact) mass is 402 g/mol. The number of nitrogens with zero attached hydrogens (tertiary/aromatic N) is 1. The fourth-order valence-corrected chi connectivity index (χ4v) is 4.73. The van der Waals surface area contributed by atoms with Crippen molar-refractivity contribution in [3.63, 3.8) is 0 Å². The van der Waals surface area contributed by atoms with E-state index >= 15 is 0 Å². The highest BCUT2D eigenvalue weighted by Crippen LogP contribution is 2.32. The minimum absolute atomic E-state index is 0.0895. The molecule has 0 heterocycles. The minimum atomic E-state index is -3.92. The highest BCUT2D eigenvalue weighted by molar-refractivity contribution is 7.85. The van der Waals surface area contributed by atoms with E-state index in [1.54, 1.807) is 0 Å². The summed E-state index contributed by atoms with van der Waals surface area (Å²) in [5, 5.41) is 2.11. The number of hydrogen-bond acceptors (Lipinski definition) is 3. The average Bonchev–Trinajstić information content (AvgIpc) is 2.67. The Labute approximate surface area is 167 Å². The SMILES string of the molecule is CC[N+](CC)(CCCCS(=O)(=O)O)CC1=Cc2cccc3cccc(c23)C1=O. The molecular weight excluding hydrogens is 374 g/mol. The van der Waals surface area contributed by atoms with Crippen LogP contribution >= 0.6 is 0 Å². The van der Waals surface area contributed by atoms with Gasteiger partial charge in [-0.2, -0.15) is 8.42 Å². The maximum Gasteiger partial charge on any atom is 0.264 e. The fraction of sp³-hybridized carbons (Fsp3) is 0.409. The molecular formula is C22H28NO4S+. The van der Waals surface area contributed by atoms with Crippen molar-refractivity contribution in [2.75, 3.05) is 31.9 Å². The maximum atomic E-state index is 13.2. The predicted molar refractivity (Wildman–Crippen MR) is 113 cm³/mol. The van der Waals surface area contributed by atoms with Crippen molar-refractivity contribution >= 4 is 32.7 Å². The molecule has 28 heavy (non-hydrogen) atoms. The zero-order valence-electron chi connectivity index (χ0n) is 16.5. The number of carbonyl (C=O) groups is 1. The smallest absolute Gasteiger partial charge is 0.264 e. The molecule has 150 valence electrons. The molecule has 0 amide bonds. The summed E-state index contributed by atoms with van der Waals surface area (Å²) in [4.78, 5) is 13.2. The van der Waals surface area contributed by atoms with Crippen molar-refractivity contribution in [1.82, 2.24) is 0 Å². The zero-order chi connectivity index (χ0) is 20.4. The molecule has 1 N–H and O–H groups in total. The molecule has 1 aliphatic carbocycles. The summed E-state index contributed by atoms with van der Waals surface area (Å²) in [5.74, 6) is -0.121. The lowest BCUT2D eigenvalue weighted by molar-refractivity contribution is -0.920. The van der Waals surface area contributed by atoms with E-state index in [4.69, 9.17) is 4.55 Å². The summed E-state index contributed by atoms with van der Waals surface area (Å²) >= 11 is 0. The molecule has 0 aliphatic heterocycles. The topological polar surface area (TPSA) is 71.4 Å². The normalized spacial score (nSPS) is 14.4. The van der Waals surface area contributed by atoms with E-state index in [-0.39, 0.29) is 11.5 Å². The first-order valence-electron chi connectivity index (χ1n) is 9.86. The first-order valence-corrected chi connectivity index (χ1v) is 11.5. The number of rotatable bonds is 9. The maximum absolute atomic E-state index is 13.2. The van der Waals surface area contributed by atoms with Crippen molar-refractivity contribution < 1.29 is 22.2 Å². The standard InChI is InChI=1S/C22H27NO4S/c1-3-23(4-2,13-5-6-14-28(25,26)27)16-19-15-18-11-7-9-17-10-8-12-20(21(17)18)22(19)24/h7-12,15H,3-6,13-14,16H2,1-2H3/p+1. The number of ketones is 1. The van der Waals surface area contributed by atoms with Gasteiger partial charge in [0.2, 0.25) is 0 Å². The van der Waals surface area contributed by atoms with Crippen LogP contribution in [0.3, 0.4) is 0 Å². The molecule has 3 rings (SSSR count). The number of unbranched alkanes of at least 4 members (excludes halogenated alkanes) is 1. The second kappa shape index (κ2) is 8.15. The van der Waals surface area contributed by atoms with Crippen LogP contribution in [0.15, 0.2) is 42.0 Å². The summed E-state index contributed by atoms with van der Waals surface area (Å²) in [5.41, 5.74) is 2.66. The van der Waals surface area contributed by atoms with Gasteiger partial charge in [0.05, 0.1) is 31.0 Å². The lowest BCUT2D eigenvalue weighted by Crippen LogP contribution is -2.50. The Morgan fingerprint density at radius 1 is 1.00 bits per heavy atom. The molecule has 5 nitrogen and oxygen atoms in total. The molecule has 0 spiro atoms. The second-order valence-corrected chi connectivity index (χ2v) is 9.17. The van der Waals surface area contributed by atoms with E-state index < -0.39 is 10.1 Å². The molecule has 0 radical (unpaired) electrons. The van der Waals surface area contributed by atoms with Crippen molar-refractivity contribution in [1.29, 1.82) is 0 Å². The molecule has 0 saturated heterocycles. The van der Waals surface area contributed by atoms with Gasteiger partial charge in [-0.1, -0.05) is 36.4 Å². The van der Waals surface area contributed by atoms with Crippen LogP contribution in [0.2, 0.25) is 0 Å². The van der Waals surface area contributed by atoms with E-state index in [1.165, 1.54) is 0 Å². The first kappa shape index (κ1) is 20.7. The molecule has 1 aliphatic rings. The third-order valence-electron chi connectivity index (χ3n) is 5.94. The van der Waals surface area contributed by atoms with Gasteiger partial charge in [0, 0.05) is 10.9 Å². The van der Waals surface area contributed by atoms with Gasteiger partial charge in [0.1, 0.15) is 6.54 Å². The van der Waals surface area contributed by atoms with Gasteiger partial charge in [-0.25, -0.2) is 0 Å². The lowest BCUT2D eigenvalue weighted by atomic mass is 9.87. The van der Waals surface area contributed by atoms with E-state index in [9.17, 15) is 13.2 Å². The largest absolute Gasteiger partial charge is 0.320 e. The van der Waals surface area contributed by atoms with Crippen molar-refractivity contribution in [2.45, 2.75) is 26.7 Å². The fourth-order valence-electron chi connectivity index (χ4n) is 4.16. The van der Waals surface area contributed by atoms with Gasteiger partial charge in [-0.15, -0.1) is 0 Å². The summed E-state index contributed by atoms with van der Waals surface area (Å²) < 4.78 is 31.6. The van der Waals surface area contributed by atoms with Gasteiger partial charge in [-0.05, 0) is 43.7 Å². The van der Waals surface area contributed by atoms with E-state index in [0.29, 0.717) is 19.4 Å². The molecule has 0 unspecified atom stereocenters. The molecule has 0 fully saturated rings. The molecule has 0 aromatic heterocycles. The van der Waals surface area contributed by atoms with E-state index in [2.05, 4.69) is 19.9 Å². The minimum Gasteiger partial charge on any atom is -0.320 e. The lowest BCUT2D eigenvalue weighted by Gasteiger charge is -2.38. The first-order chi connectivity index (χ1) is 13.3. The highest BCUT2D eigenvalue weighted by Gasteiger charge is 2.30. The second-order valence-electron chi connectivity index (χ2n) is 7.60. The summed E-state index contributed by atoms with van der Waals surface area (Å²) in [6.07, 6.45) is 3.14. The van der Waals surface area contributed by atoms with Crippen molar-refractivity contribution in [3.8, 4) is 0 Å². The number of carbonyl (C=O) groups excluding carboxylic acids is 1. The number of hydrogen-bond donors (Lipinski definition) is 1. The Kier molecular flexibility index (Phi) is 6.03. The van der Waals surface area contributed by atoms with Crippen LogP contribution < -0.4 is 0 Å². The van der Waals surface area contributed by atoms with Crippen molar-refractivity contribution in [3.05, 3.63) is 53.1 Å². The van der Waals surface area contributed by atoms with E-state index in [1.807, 2.05) is 36.4 Å². The van der Waals surface area contributed by atoms with Crippen LogP contribution in [0.1, 0.15) is 42.6 Å². The van der Waals surface area contributed by atoms with Gasteiger partial charge in [-0.3, -0.25) is 9.35 Å². The Hall–Kier alpha value is -2.02. The average molecular weight is 403 g/mol. The van der Waals surface area contributed by atoms with Crippen LogP contribution in [0.4, 0.5) is 0 Å². The molecule has 2 aromatic rings. The number of quaternary nitrogens is 1. The molecule has 2 aromatic carbocycles. The van der Waals surface area contributed by atoms with Gasteiger partial charge in [0.15, 0.2) is 5.78 Å². The molecule has 6 heteroatoms. The highest BCUT2D eigenvalue weighted by atomic mass is 32.2. The van der Waals surface area contributed by atoms with Crippen LogP contribution in [0.25, 0.3) is 16.8 Å². The summed E-state index contributed by atoms with van der Waals surface area (Å²) in [6, 6.07) is 12.0. The third kappa shape index (κ3) is 4.35. The Bertz CT molecular complexity index is 1010. The summed E-state index contributed by atoms with van der Waals surface area (Å²) in [6.45, 7) is 7.34. The number of likely N-dealkylation sites (N-methyl/N-ethyl adjacent to an activating group) is 1. The van der Waals surface area contributed by atoms with Gasteiger partial charge >= 0.3 is 0 Å². The Morgan fingerprint density at radius 3 is 2.32 bits per heavy atom. The van der Waals surface area contributed by atoms with Crippen LogP contribution in [0.5, 0.6) is 0 Å². The Morgan fingerprint density at radius 2 is 1.68 bits per heavy atom. The molecule has 0 bridgehead atoms. The quantitative estimate of drug-likeness (QED) is 0.392. The van der Waals surface area contributed by atoms with Gasteiger partial charge < -0.3 is 4.48 Å². The van der Waals surface area contributed by atoms with Crippen molar-refractivity contribution in [2.24, 2.45) is 0 Å².